The van der Waals surface area contributed by atoms with E-state index >= 15 is 0 Å². The Morgan fingerprint density at radius 1 is 1.10 bits per heavy atom. The van der Waals surface area contributed by atoms with E-state index in [1.165, 1.54) is 0 Å². The van der Waals surface area contributed by atoms with Crippen molar-refractivity contribution in [3.05, 3.63) is 36.4 Å². The Balaban J connectivity index is 1.59. The lowest BCUT2D eigenvalue weighted by Gasteiger charge is -2.25. The number of hydrogen-bond donors (Lipinski definition) is 1. The van der Waals surface area contributed by atoms with Crippen LogP contribution in [-0.2, 0) is 11.3 Å². The standard InChI is InChI=1S/C13H16N6O/c1-2-12(16-13-9-14-3-4-15-13)18-17-11(1)10-19-5-7-20-8-6-19/h1-4,9H,5-8,10H2,(H,15,16,18). The molecule has 3 rings (SSSR count). The summed E-state index contributed by atoms with van der Waals surface area (Å²) >= 11 is 0. The zero-order valence-corrected chi connectivity index (χ0v) is 11.1. The van der Waals surface area contributed by atoms with Crippen molar-refractivity contribution in [3.63, 3.8) is 0 Å². The molecule has 0 unspecified atom stereocenters. The van der Waals surface area contributed by atoms with E-state index in [0.29, 0.717) is 11.6 Å². The second-order valence-corrected chi connectivity index (χ2v) is 4.51. The van der Waals surface area contributed by atoms with Gasteiger partial charge in [0.1, 0.15) is 5.82 Å². The van der Waals surface area contributed by atoms with E-state index in [9.17, 15) is 0 Å². The SMILES string of the molecule is c1cnc(Nc2ccc(CN3CCOCC3)nn2)cn1. The van der Waals surface area contributed by atoms with Crippen LogP contribution in [0, 0.1) is 0 Å². The summed E-state index contributed by atoms with van der Waals surface area (Å²) in [6.07, 6.45) is 4.90. The van der Waals surface area contributed by atoms with Gasteiger partial charge in [-0.1, -0.05) is 0 Å². The zero-order valence-electron chi connectivity index (χ0n) is 11.1. The molecule has 0 saturated carbocycles. The third-order valence-corrected chi connectivity index (χ3v) is 3.03. The fourth-order valence-electron chi connectivity index (χ4n) is 1.99. The fraction of sp³-hybridized carbons (Fsp3) is 0.385. The maximum Gasteiger partial charge on any atom is 0.154 e. The predicted octanol–water partition coefficient (Wildman–Crippen LogP) is 0.842. The van der Waals surface area contributed by atoms with Crippen molar-refractivity contribution in [2.24, 2.45) is 0 Å². The normalized spacial score (nSPS) is 16.0. The zero-order chi connectivity index (χ0) is 13.6. The molecule has 104 valence electrons. The Bertz CT molecular complexity index is 526. The minimum atomic E-state index is 0.655. The van der Waals surface area contributed by atoms with Gasteiger partial charge in [-0.3, -0.25) is 9.88 Å². The molecule has 0 amide bonds. The van der Waals surface area contributed by atoms with Gasteiger partial charge in [-0.15, -0.1) is 5.10 Å². The Hall–Kier alpha value is -2.12. The molecule has 0 atom stereocenters. The summed E-state index contributed by atoms with van der Waals surface area (Å²) in [7, 11) is 0. The van der Waals surface area contributed by atoms with Crippen molar-refractivity contribution in [1.29, 1.82) is 0 Å². The van der Waals surface area contributed by atoms with Crippen molar-refractivity contribution in [1.82, 2.24) is 25.1 Å². The largest absolute Gasteiger partial charge is 0.379 e. The summed E-state index contributed by atoms with van der Waals surface area (Å²) < 4.78 is 5.32. The number of ether oxygens (including phenoxy) is 1. The van der Waals surface area contributed by atoms with Gasteiger partial charge in [-0.25, -0.2) is 4.98 Å². The van der Waals surface area contributed by atoms with Crippen molar-refractivity contribution >= 4 is 11.6 Å². The quantitative estimate of drug-likeness (QED) is 0.883. The summed E-state index contributed by atoms with van der Waals surface area (Å²) in [5.74, 6) is 1.32. The van der Waals surface area contributed by atoms with Crippen LogP contribution in [0.15, 0.2) is 30.7 Å². The molecule has 1 N–H and O–H groups in total. The molecular weight excluding hydrogens is 256 g/mol. The average Bonchev–Trinajstić information content (AvgIpc) is 2.51. The lowest BCUT2D eigenvalue weighted by Crippen LogP contribution is -2.35. The van der Waals surface area contributed by atoms with Gasteiger partial charge in [-0.05, 0) is 12.1 Å². The summed E-state index contributed by atoms with van der Waals surface area (Å²) in [5.41, 5.74) is 0.955. The number of nitrogens with zero attached hydrogens (tertiary/aromatic N) is 5. The van der Waals surface area contributed by atoms with Gasteiger partial charge < -0.3 is 10.1 Å². The predicted molar refractivity (Wildman–Crippen MR) is 73.4 cm³/mol. The van der Waals surface area contributed by atoms with Gasteiger partial charge >= 0.3 is 0 Å². The molecule has 0 spiro atoms. The van der Waals surface area contributed by atoms with Gasteiger partial charge in [0.05, 0.1) is 25.1 Å². The van der Waals surface area contributed by atoms with Crippen LogP contribution in [0.1, 0.15) is 5.69 Å². The third kappa shape index (κ3) is 3.46. The molecule has 20 heavy (non-hydrogen) atoms. The summed E-state index contributed by atoms with van der Waals surface area (Å²) in [4.78, 5) is 10.4. The summed E-state index contributed by atoms with van der Waals surface area (Å²) in [6.45, 7) is 4.28. The minimum Gasteiger partial charge on any atom is -0.379 e. The molecule has 7 heteroatoms. The molecule has 3 heterocycles. The Kier molecular flexibility index (Phi) is 4.10. The maximum atomic E-state index is 5.32. The number of morpholine rings is 1. The van der Waals surface area contributed by atoms with Crippen LogP contribution in [0.3, 0.4) is 0 Å². The van der Waals surface area contributed by atoms with E-state index in [-0.39, 0.29) is 0 Å². The third-order valence-electron chi connectivity index (χ3n) is 3.03. The molecular formula is C13H16N6O. The average molecular weight is 272 g/mol. The Morgan fingerprint density at radius 3 is 2.70 bits per heavy atom. The number of hydrogen-bond acceptors (Lipinski definition) is 7. The lowest BCUT2D eigenvalue weighted by molar-refractivity contribution is 0.0335. The molecule has 2 aromatic heterocycles. The molecule has 2 aromatic rings. The van der Waals surface area contributed by atoms with E-state index in [1.807, 2.05) is 12.1 Å². The van der Waals surface area contributed by atoms with Crippen molar-refractivity contribution in [3.8, 4) is 0 Å². The molecule has 1 aliphatic heterocycles. The Morgan fingerprint density at radius 2 is 2.00 bits per heavy atom. The summed E-state index contributed by atoms with van der Waals surface area (Å²) in [6, 6.07) is 3.87. The highest BCUT2D eigenvalue weighted by Crippen LogP contribution is 2.10. The smallest absolute Gasteiger partial charge is 0.154 e. The van der Waals surface area contributed by atoms with Crippen LogP contribution in [0.5, 0.6) is 0 Å². The van der Waals surface area contributed by atoms with Gasteiger partial charge in [0, 0.05) is 32.0 Å². The van der Waals surface area contributed by atoms with E-state index in [2.05, 4.69) is 30.4 Å². The summed E-state index contributed by atoms with van der Waals surface area (Å²) in [5, 5.41) is 11.4. The fourth-order valence-corrected chi connectivity index (χ4v) is 1.99. The van der Waals surface area contributed by atoms with E-state index in [0.717, 1.165) is 38.5 Å². The van der Waals surface area contributed by atoms with Crippen LogP contribution in [0.25, 0.3) is 0 Å². The van der Waals surface area contributed by atoms with Crippen LogP contribution in [0.2, 0.25) is 0 Å². The van der Waals surface area contributed by atoms with Crippen LogP contribution in [0.4, 0.5) is 11.6 Å². The molecule has 1 aliphatic rings. The second kappa shape index (κ2) is 6.36. The number of nitrogens with one attached hydrogen (secondary N) is 1. The van der Waals surface area contributed by atoms with Gasteiger partial charge in [0.15, 0.2) is 5.82 Å². The first-order valence-corrected chi connectivity index (χ1v) is 6.56. The van der Waals surface area contributed by atoms with E-state index in [4.69, 9.17) is 4.74 Å². The number of aromatic nitrogens is 4. The Labute approximate surface area is 117 Å². The lowest BCUT2D eigenvalue weighted by atomic mass is 10.3. The monoisotopic (exact) mass is 272 g/mol. The molecule has 0 aliphatic carbocycles. The van der Waals surface area contributed by atoms with Crippen LogP contribution < -0.4 is 5.32 Å². The number of anilines is 2. The van der Waals surface area contributed by atoms with Gasteiger partial charge in [-0.2, -0.15) is 5.10 Å². The van der Waals surface area contributed by atoms with Gasteiger partial charge in [0.2, 0.25) is 0 Å². The molecule has 1 saturated heterocycles. The molecule has 0 radical (unpaired) electrons. The molecule has 7 nitrogen and oxygen atoms in total. The van der Waals surface area contributed by atoms with Crippen molar-refractivity contribution < 1.29 is 4.74 Å². The van der Waals surface area contributed by atoms with E-state index in [1.54, 1.807) is 18.6 Å². The highest BCUT2D eigenvalue weighted by atomic mass is 16.5. The first-order valence-electron chi connectivity index (χ1n) is 6.56. The molecule has 0 bridgehead atoms. The van der Waals surface area contributed by atoms with Gasteiger partial charge in [0.25, 0.3) is 0 Å². The highest BCUT2D eigenvalue weighted by molar-refractivity contribution is 5.49. The van der Waals surface area contributed by atoms with Crippen molar-refractivity contribution in [2.75, 3.05) is 31.6 Å². The van der Waals surface area contributed by atoms with Crippen LogP contribution in [-0.4, -0.2) is 51.4 Å². The minimum absolute atomic E-state index is 0.655. The number of rotatable bonds is 4. The molecule has 0 aromatic carbocycles. The molecule has 1 fully saturated rings. The first-order chi connectivity index (χ1) is 9.90. The maximum absolute atomic E-state index is 5.32. The van der Waals surface area contributed by atoms with E-state index < -0.39 is 0 Å². The first kappa shape index (κ1) is 12.9. The highest BCUT2D eigenvalue weighted by Gasteiger charge is 2.11. The van der Waals surface area contributed by atoms with Crippen LogP contribution >= 0.6 is 0 Å². The topological polar surface area (TPSA) is 76.1 Å². The van der Waals surface area contributed by atoms with Crippen molar-refractivity contribution in [2.45, 2.75) is 6.54 Å². The second-order valence-electron chi connectivity index (χ2n) is 4.51.